The molecular weight excluding hydrogens is 518 g/mol. The molecule has 1 aliphatic heterocycles. The molecule has 2 bridgehead atoms. The first-order valence-corrected chi connectivity index (χ1v) is 15.7. The van der Waals surface area contributed by atoms with Gasteiger partial charge in [-0.05, 0) is 64.4 Å². The third kappa shape index (κ3) is 4.34. The summed E-state index contributed by atoms with van der Waals surface area (Å²) in [6.45, 7) is 15.1. The molecule has 1 aromatic rings. The number of methoxy groups -OCH3 is 1. The Morgan fingerprint density at radius 3 is 2.18 bits per heavy atom. The normalized spacial score (nSPS) is 33.2. The van der Waals surface area contributed by atoms with Crippen LogP contribution in [0.2, 0.25) is 0 Å². The van der Waals surface area contributed by atoms with Gasteiger partial charge in [0.15, 0.2) is 5.60 Å². The molecule has 8 nitrogen and oxygen atoms in total. The van der Waals surface area contributed by atoms with Crippen LogP contribution in [0.25, 0.3) is 0 Å². The Kier molecular flexibility index (Phi) is 7.57. The van der Waals surface area contributed by atoms with Crippen molar-refractivity contribution in [3.63, 3.8) is 0 Å². The molecule has 4 rings (SSSR count). The summed E-state index contributed by atoms with van der Waals surface area (Å²) in [4.78, 5) is 26.8. The lowest BCUT2D eigenvalue weighted by Gasteiger charge is -2.48. The number of nitrogens with zero attached hydrogens (tertiary/aromatic N) is 1. The molecule has 218 valence electrons. The number of fused-ring (bicyclic) bond motifs is 3. The van der Waals surface area contributed by atoms with E-state index in [1.165, 1.54) is 7.11 Å². The van der Waals surface area contributed by atoms with Crippen molar-refractivity contribution >= 4 is 22.0 Å². The van der Waals surface area contributed by atoms with Gasteiger partial charge in [0.05, 0.1) is 24.2 Å². The molecule has 3 fully saturated rings. The van der Waals surface area contributed by atoms with Gasteiger partial charge in [0.25, 0.3) is 0 Å². The van der Waals surface area contributed by atoms with E-state index in [4.69, 9.17) is 14.2 Å². The maximum absolute atomic E-state index is 14.1. The maximum Gasteiger partial charge on any atom is 0.341 e. The fraction of sp³-hybridized carbons (Fsp3) is 0.733. The van der Waals surface area contributed by atoms with E-state index in [1.54, 1.807) is 18.2 Å². The van der Waals surface area contributed by atoms with Crippen LogP contribution in [0.3, 0.4) is 0 Å². The first-order valence-electron chi connectivity index (χ1n) is 14.1. The minimum Gasteiger partial charge on any atom is -0.469 e. The number of ether oxygens (including phenoxy) is 3. The highest BCUT2D eigenvalue weighted by molar-refractivity contribution is 7.89. The summed E-state index contributed by atoms with van der Waals surface area (Å²) in [5.41, 5.74) is -2.18. The number of rotatable bonds is 9. The van der Waals surface area contributed by atoms with E-state index in [1.807, 2.05) is 58.0 Å². The Morgan fingerprint density at radius 2 is 1.67 bits per heavy atom. The number of carbonyl (C=O) groups is 2. The number of benzene rings is 1. The van der Waals surface area contributed by atoms with Gasteiger partial charge in [-0.25, -0.2) is 13.2 Å². The molecule has 0 amide bonds. The molecule has 1 unspecified atom stereocenters. The highest BCUT2D eigenvalue weighted by Gasteiger charge is 2.80. The summed E-state index contributed by atoms with van der Waals surface area (Å²) in [5, 5.41) is 0. The zero-order valence-electron chi connectivity index (χ0n) is 24.8. The molecule has 0 aromatic heterocycles. The average Bonchev–Trinajstić information content (AvgIpc) is 3.29. The van der Waals surface area contributed by atoms with Crippen molar-refractivity contribution in [1.29, 1.82) is 0 Å². The summed E-state index contributed by atoms with van der Waals surface area (Å²) in [7, 11) is -2.43. The molecule has 2 saturated carbocycles. The Labute approximate surface area is 233 Å². The van der Waals surface area contributed by atoms with Gasteiger partial charge in [0.1, 0.15) is 0 Å². The van der Waals surface area contributed by atoms with Gasteiger partial charge < -0.3 is 14.2 Å². The molecule has 3 aliphatic rings. The van der Waals surface area contributed by atoms with E-state index >= 15 is 0 Å². The minimum absolute atomic E-state index is 0.127. The highest BCUT2D eigenvalue weighted by atomic mass is 32.2. The van der Waals surface area contributed by atoms with Crippen molar-refractivity contribution in [3.8, 4) is 0 Å². The molecule has 39 heavy (non-hydrogen) atoms. The van der Waals surface area contributed by atoms with E-state index in [0.717, 1.165) is 12.0 Å². The third-order valence-corrected chi connectivity index (χ3v) is 12.4. The van der Waals surface area contributed by atoms with Crippen LogP contribution in [-0.4, -0.2) is 61.0 Å². The maximum atomic E-state index is 14.1. The van der Waals surface area contributed by atoms with Crippen molar-refractivity contribution in [1.82, 2.24) is 4.31 Å². The topological polar surface area (TPSA) is 99.2 Å². The zero-order chi connectivity index (χ0) is 29.2. The van der Waals surface area contributed by atoms with Gasteiger partial charge in [0, 0.05) is 24.4 Å². The van der Waals surface area contributed by atoms with E-state index in [-0.39, 0.29) is 23.8 Å². The van der Waals surface area contributed by atoms with E-state index in [0.29, 0.717) is 12.8 Å². The average molecular weight is 564 g/mol. The fourth-order valence-electron chi connectivity index (χ4n) is 8.24. The number of hydrogen-bond donors (Lipinski definition) is 0. The highest BCUT2D eigenvalue weighted by Crippen LogP contribution is 2.74. The van der Waals surface area contributed by atoms with Crippen LogP contribution in [0, 0.1) is 22.7 Å². The SMILES string of the molecule is COC(=O)[C@@H](C)[C@@H](c1ccccc1)[C@@]1(C)O[C@@]2(CC3CC[C@]2(CS(=O)(=O)N(C(C)C)C(C)C)C3(C)C)OC1=O. The monoisotopic (exact) mass is 563 g/mol. The fourth-order valence-corrected chi connectivity index (χ4v) is 11.0. The quantitative estimate of drug-likeness (QED) is 0.395. The van der Waals surface area contributed by atoms with Gasteiger partial charge in [-0.15, -0.1) is 0 Å². The van der Waals surface area contributed by atoms with E-state index in [2.05, 4.69) is 13.8 Å². The lowest BCUT2D eigenvalue weighted by molar-refractivity contribution is -0.257. The molecule has 1 aromatic carbocycles. The Morgan fingerprint density at radius 1 is 1.08 bits per heavy atom. The van der Waals surface area contributed by atoms with Crippen LogP contribution in [-0.2, 0) is 33.8 Å². The summed E-state index contributed by atoms with van der Waals surface area (Å²) in [6.07, 6.45) is 1.83. The summed E-state index contributed by atoms with van der Waals surface area (Å²) < 4.78 is 48.0. The van der Waals surface area contributed by atoms with Crippen LogP contribution >= 0.6 is 0 Å². The van der Waals surface area contributed by atoms with Crippen LogP contribution in [0.4, 0.5) is 0 Å². The first-order chi connectivity index (χ1) is 18.0. The lowest BCUT2D eigenvalue weighted by Crippen LogP contribution is -2.58. The summed E-state index contributed by atoms with van der Waals surface area (Å²) in [6, 6.07) is 8.87. The first kappa shape index (κ1) is 30.0. The number of hydrogen-bond acceptors (Lipinski definition) is 7. The Bertz CT molecular complexity index is 1200. The smallest absolute Gasteiger partial charge is 0.341 e. The molecule has 9 heteroatoms. The van der Waals surface area contributed by atoms with Crippen molar-refractivity contribution in [2.24, 2.45) is 22.7 Å². The number of esters is 2. The molecular formula is C30H45NO7S. The van der Waals surface area contributed by atoms with Crippen molar-refractivity contribution in [2.75, 3.05) is 12.9 Å². The molecule has 0 N–H and O–H groups in total. The Hall–Kier alpha value is -1.97. The third-order valence-electron chi connectivity index (χ3n) is 10.1. The van der Waals surface area contributed by atoms with Crippen LogP contribution in [0.15, 0.2) is 30.3 Å². The molecule has 1 saturated heterocycles. The second-order valence-electron chi connectivity index (χ2n) is 13.1. The predicted octanol–water partition coefficient (Wildman–Crippen LogP) is 4.88. The lowest BCUT2D eigenvalue weighted by atomic mass is 9.68. The Balaban J connectivity index is 1.83. The molecule has 0 radical (unpaired) electrons. The van der Waals surface area contributed by atoms with Crippen molar-refractivity contribution in [2.45, 2.75) is 104 Å². The minimum atomic E-state index is -3.76. The number of sulfonamides is 1. The van der Waals surface area contributed by atoms with Crippen LogP contribution in [0.5, 0.6) is 0 Å². The van der Waals surface area contributed by atoms with Gasteiger partial charge in [-0.3, -0.25) is 4.79 Å². The van der Waals surface area contributed by atoms with Crippen molar-refractivity contribution < 1.29 is 32.2 Å². The molecule has 1 heterocycles. The standard InChI is InChI=1S/C30H45NO7S/c1-19(2)31(20(3)4)39(34,35)18-29-16-15-23(27(29,6)7)17-30(29)37-26(33)28(8,38-30)24(21(5)25(32)36-9)22-13-11-10-12-14-22/h10-14,19-21,23-24H,15-18H2,1-9H3/t21-,23?,24-,28+,29-,30+/m0/s1. The van der Waals surface area contributed by atoms with E-state index < -0.39 is 56.0 Å². The summed E-state index contributed by atoms with van der Waals surface area (Å²) in [5.74, 6) is -3.91. The predicted molar refractivity (Wildman–Crippen MR) is 148 cm³/mol. The van der Waals surface area contributed by atoms with Crippen LogP contribution in [0.1, 0.15) is 86.1 Å². The van der Waals surface area contributed by atoms with E-state index in [9.17, 15) is 18.0 Å². The van der Waals surface area contributed by atoms with Gasteiger partial charge >= 0.3 is 11.9 Å². The summed E-state index contributed by atoms with van der Waals surface area (Å²) >= 11 is 0. The van der Waals surface area contributed by atoms with Crippen molar-refractivity contribution in [3.05, 3.63) is 35.9 Å². The van der Waals surface area contributed by atoms with Gasteiger partial charge in [-0.1, -0.05) is 51.1 Å². The van der Waals surface area contributed by atoms with Gasteiger partial charge in [-0.2, -0.15) is 4.31 Å². The second-order valence-corrected chi connectivity index (χ2v) is 14.9. The van der Waals surface area contributed by atoms with Crippen LogP contribution < -0.4 is 0 Å². The molecule has 2 aliphatic carbocycles. The van der Waals surface area contributed by atoms with Gasteiger partial charge in [0.2, 0.25) is 15.8 Å². The second kappa shape index (κ2) is 9.84. The number of carbonyl (C=O) groups excluding carboxylic acids is 2. The zero-order valence-corrected chi connectivity index (χ0v) is 25.6. The molecule has 1 spiro atoms. The largest absolute Gasteiger partial charge is 0.469 e. The molecule has 6 atom stereocenters.